The quantitative estimate of drug-likeness (QED) is 0.727. The Morgan fingerprint density at radius 1 is 1.31 bits per heavy atom. The van der Waals surface area contributed by atoms with Gasteiger partial charge in [0, 0.05) is 58.2 Å². The minimum atomic E-state index is 0.297. The molecule has 6 heteroatoms. The van der Waals surface area contributed by atoms with E-state index < -0.39 is 0 Å². The number of hydrogen-bond donors (Lipinski definition) is 0. The summed E-state index contributed by atoms with van der Waals surface area (Å²) in [7, 11) is 4.05. The van der Waals surface area contributed by atoms with Gasteiger partial charge in [0.25, 0.3) is 0 Å². The van der Waals surface area contributed by atoms with Crippen LogP contribution in [0.4, 0.5) is 5.82 Å². The zero-order valence-corrected chi connectivity index (χ0v) is 16.3. The van der Waals surface area contributed by atoms with Crippen molar-refractivity contribution in [2.75, 3.05) is 38.7 Å². The van der Waals surface area contributed by atoms with E-state index in [0.717, 1.165) is 57.9 Å². The van der Waals surface area contributed by atoms with Crippen LogP contribution in [0.3, 0.4) is 0 Å². The van der Waals surface area contributed by atoms with Crippen molar-refractivity contribution < 1.29 is 4.74 Å². The number of pyridine rings is 1. The third kappa shape index (κ3) is 5.29. The predicted molar refractivity (Wildman–Crippen MR) is 104 cm³/mol. The van der Waals surface area contributed by atoms with Gasteiger partial charge in [-0.1, -0.05) is 6.92 Å². The molecular weight excluding hydrogens is 326 g/mol. The molecule has 0 saturated carbocycles. The average molecular weight is 358 g/mol. The zero-order chi connectivity index (χ0) is 18.4. The van der Waals surface area contributed by atoms with Crippen LogP contribution in [0.15, 0.2) is 30.7 Å². The maximum absolute atomic E-state index is 6.00. The molecule has 3 heterocycles. The molecular formula is C20H31N5O. The first kappa shape index (κ1) is 18.9. The summed E-state index contributed by atoms with van der Waals surface area (Å²) in [5, 5.41) is 4.44. The zero-order valence-electron chi connectivity index (χ0n) is 16.3. The molecule has 1 saturated heterocycles. The average Bonchev–Trinajstić information content (AvgIpc) is 3.08. The summed E-state index contributed by atoms with van der Waals surface area (Å²) in [6.45, 7) is 6.93. The second-order valence-corrected chi connectivity index (χ2v) is 7.29. The fraction of sp³-hybridized carbons (Fsp3) is 0.600. The van der Waals surface area contributed by atoms with Crippen molar-refractivity contribution in [1.82, 2.24) is 19.7 Å². The number of ether oxygens (including phenoxy) is 1. The van der Waals surface area contributed by atoms with Gasteiger partial charge in [-0.05, 0) is 37.0 Å². The minimum absolute atomic E-state index is 0.297. The van der Waals surface area contributed by atoms with Gasteiger partial charge >= 0.3 is 0 Å². The number of anilines is 1. The number of aryl methyl sites for hydroxylation is 2. The number of hydrogen-bond acceptors (Lipinski definition) is 5. The summed E-state index contributed by atoms with van der Waals surface area (Å²) < 4.78 is 8.04. The Hall–Kier alpha value is -1.92. The molecule has 26 heavy (non-hydrogen) atoms. The smallest absolute Gasteiger partial charge is 0.128 e. The second-order valence-electron chi connectivity index (χ2n) is 7.29. The van der Waals surface area contributed by atoms with Crippen LogP contribution in [0.1, 0.15) is 30.9 Å². The van der Waals surface area contributed by atoms with Crippen LogP contribution in [0.2, 0.25) is 0 Å². The molecule has 2 aromatic rings. The van der Waals surface area contributed by atoms with Gasteiger partial charge < -0.3 is 9.64 Å². The predicted octanol–water partition coefficient (Wildman–Crippen LogP) is 2.59. The Morgan fingerprint density at radius 2 is 2.19 bits per heavy atom. The number of aromatic nitrogens is 3. The molecule has 1 atom stereocenters. The first-order valence-corrected chi connectivity index (χ1v) is 9.61. The van der Waals surface area contributed by atoms with Gasteiger partial charge in [-0.3, -0.25) is 9.58 Å². The van der Waals surface area contributed by atoms with Crippen molar-refractivity contribution >= 4 is 5.82 Å². The molecule has 0 amide bonds. The van der Waals surface area contributed by atoms with Crippen molar-refractivity contribution in [3.63, 3.8) is 0 Å². The van der Waals surface area contributed by atoms with Gasteiger partial charge in [0.1, 0.15) is 5.82 Å². The molecule has 1 aliphatic heterocycles. The molecule has 6 nitrogen and oxygen atoms in total. The standard InChI is InChI=1S/C20H31N5O/c1-4-9-25-15-18(13-22-25)14-24-10-11-26-19(16-24)6-5-17-7-8-21-20(12-17)23(2)3/h7-8,12-13,15,19H,4-6,9-11,14,16H2,1-3H3/t19-/m1/s1. The SMILES string of the molecule is CCCn1cc(CN2CCO[C@H](CCc3ccnc(N(C)C)c3)C2)cn1. The molecule has 0 radical (unpaired) electrons. The lowest BCUT2D eigenvalue weighted by Gasteiger charge is -2.32. The summed E-state index contributed by atoms with van der Waals surface area (Å²) >= 11 is 0. The lowest BCUT2D eigenvalue weighted by Crippen LogP contribution is -2.42. The van der Waals surface area contributed by atoms with Crippen LogP contribution in [0, 0.1) is 0 Å². The van der Waals surface area contributed by atoms with Crippen LogP contribution >= 0.6 is 0 Å². The van der Waals surface area contributed by atoms with E-state index in [-0.39, 0.29) is 0 Å². The Bertz CT molecular complexity index is 684. The maximum Gasteiger partial charge on any atom is 0.128 e. The molecule has 1 aliphatic rings. The van der Waals surface area contributed by atoms with Gasteiger partial charge in [0.05, 0.1) is 18.9 Å². The molecule has 0 aromatic carbocycles. The lowest BCUT2D eigenvalue weighted by atomic mass is 10.1. The second kappa shape index (κ2) is 9.14. The number of rotatable bonds is 8. The molecule has 0 bridgehead atoms. The van der Waals surface area contributed by atoms with Crippen LogP contribution in [-0.4, -0.2) is 59.6 Å². The first-order chi connectivity index (χ1) is 12.6. The van der Waals surface area contributed by atoms with Gasteiger partial charge in [-0.25, -0.2) is 4.98 Å². The molecule has 142 valence electrons. The van der Waals surface area contributed by atoms with E-state index in [9.17, 15) is 0 Å². The van der Waals surface area contributed by atoms with E-state index in [1.54, 1.807) is 0 Å². The van der Waals surface area contributed by atoms with Crippen LogP contribution in [-0.2, 0) is 24.2 Å². The van der Waals surface area contributed by atoms with Crippen molar-refractivity contribution in [2.45, 2.75) is 45.4 Å². The van der Waals surface area contributed by atoms with Crippen molar-refractivity contribution in [3.8, 4) is 0 Å². The molecule has 2 aromatic heterocycles. The van der Waals surface area contributed by atoms with E-state index in [1.165, 1.54) is 11.1 Å². The van der Waals surface area contributed by atoms with Crippen LogP contribution in [0.5, 0.6) is 0 Å². The molecule has 0 aliphatic carbocycles. The molecule has 0 N–H and O–H groups in total. The van der Waals surface area contributed by atoms with E-state index >= 15 is 0 Å². The van der Waals surface area contributed by atoms with E-state index in [0.29, 0.717) is 6.10 Å². The van der Waals surface area contributed by atoms with Crippen LogP contribution in [0.25, 0.3) is 0 Å². The van der Waals surface area contributed by atoms with Crippen LogP contribution < -0.4 is 4.90 Å². The van der Waals surface area contributed by atoms with Gasteiger partial charge in [0.15, 0.2) is 0 Å². The van der Waals surface area contributed by atoms with Crippen molar-refractivity contribution in [2.24, 2.45) is 0 Å². The van der Waals surface area contributed by atoms with E-state index in [1.807, 2.05) is 36.1 Å². The highest BCUT2D eigenvalue weighted by molar-refractivity contribution is 5.39. The Labute approximate surface area is 156 Å². The largest absolute Gasteiger partial charge is 0.376 e. The summed E-state index contributed by atoms with van der Waals surface area (Å²) in [5.41, 5.74) is 2.62. The molecule has 0 spiro atoms. The third-order valence-electron chi connectivity index (χ3n) is 4.79. The third-order valence-corrected chi connectivity index (χ3v) is 4.79. The minimum Gasteiger partial charge on any atom is -0.376 e. The highest BCUT2D eigenvalue weighted by Gasteiger charge is 2.21. The fourth-order valence-corrected chi connectivity index (χ4v) is 3.38. The van der Waals surface area contributed by atoms with Crippen molar-refractivity contribution in [1.29, 1.82) is 0 Å². The fourth-order valence-electron chi connectivity index (χ4n) is 3.38. The van der Waals surface area contributed by atoms with Gasteiger partial charge in [-0.15, -0.1) is 0 Å². The number of nitrogens with zero attached hydrogens (tertiary/aromatic N) is 5. The maximum atomic E-state index is 6.00. The Balaban J connectivity index is 1.49. The molecule has 0 unspecified atom stereocenters. The van der Waals surface area contributed by atoms with Gasteiger partial charge in [0.2, 0.25) is 0 Å². The molecule has 3 rings (SSSR count). The van der Waals surface area contributed by atoms with E-state index in [4.69, 9.17) is 4.74 Å². The molecule has 1 fully saturated rings. The first-order valence-electron chi connectivity index (χ1n) is 9.61. The topological polar surface area (TPSA) is 46.4 Å². The monoisotopic (exact) mass is 357 g/mol. The summed E-state index contributed by atoms with van der Waals surface area (Å²) in [5.74, 6) is 1.01. The summed E-state index contributed by atoms with van der Waals surface area (Å²) in [4.78, 5) is 8.91. The normalized spacial score (nSPS) is 18.2. The highest BCUT2D eigenvalue weighted by Crippen LogP contribution is 2.17. The lowest BCUT2D eigenvalue weighted by molar-refractivity contribution is -0.0345. The Kier molecular flexibility index (Phi) is 6.63. The van der Waals surface area contributed by atoms with Crippen molar-refractivity contribution in [3.05, 3.63) is 41.9 Å². The Morgan fingerprint density at radius 3 is 3.00 bits per heavy atom. The van der Waals surface area contributed by atoms with E-state index in [2.05, 4.69) is 40.2 Å². The highest BCUT2D eigenvalue weighted by atomic mass is 16.5. The summed E-state index contributed by atoms with van der Waals surface area (Å²) in [6.07, 6.45) is 9.55. The van der Waals surface area contributed by atoms with Gasteiger partial charge in [-0.2, -0.15) is 5.10 Å². The number of morpholine rings is 1. The summed E-state index contributed by atoms with van der Waals surface area (Å²) in [6, 6.07) is 4.28.